The number of halogens is 1. The van der Waals surface area contributed by atoms with Crippen molar-refractivity contribution < 1.29 is 17.9 Å². The van der Waals surface area contributed by atoms with Crippen LogP contribution in [0, 0.1) is 18.3 Å². The summed E-state index contributed by atoms with van der Waals surface area (Å²) in [6, 6.07) is 16.1. The standard InChI is InChI=1S/C26H22BrN3O4S/c1-17-2-5-22(6-3-17)35(31,32)30-16-24(23-13-20(27)15-29-26(23)30)18-4-7-25(19(12-18)14-28)34-21-8-10-33-11-9-21/h2-7,12-13,15-16,21H,8-11H2,1H3. The first kappa shape index (κ1) is 23.5. The Balaban J connectivity index is 1.61. The molecule has 0 bridgehead atoms. The van der Waals surface area contributed by atoms with Crippen molar-refractivity contribution in [3.05, 3.63) is 76.5 Å². The molecular formula is C26H22BrN3O4S. The third-order valence-corrected chi connectivity index (χ3v) is 8.13. The Hall–Kier alpha value is -3.19. The minimum absolute atomic E-state index is 0.00317. The van der Waals surface area contributed by atoms with E-state index in [2.05, 4.69) is 27.0 Å². The van der Waals surface area contributed by atoms with Crippen molar-refractivity contribution in [1.29, 1.82) is 5.26 Å². The first-order valence-electron chi connectivity index (χ1n) is 11.1. The lowest BCUT2D eigenvalue weighted by Crippen LogP contribution is -2.26. The van der Waals surface area contributed by atoms with Gasteiger partial charge in [0.2, 0.25) is 0 Å². The minimum atomic E-state index is -3.89. The molecule has 5 rings (SSSR count). The van der Waals surface area contributed by atoms with Crippen molar-refractivity contribution >= 4 is 37.0 Å². The zero-order valence-electron chi connectivity index (χ0n) is 18.9. The number of hydrogen-bond donors (Lipinski definition) is 0. The second kappa shape index (κ2) is 9.46. The van der Waals surface area contributed by atoms with E-state index < -0.39 is 10.0 Å². The summed E-state index contributed by atoms with van der Waals surface area (Å²) >= 11 is 3.44. The van der Waals surface area contributed by atoms with Crippen molar-refractivity contribution in [2.24, 2.45) is 0 Å². The fourth-order valence-corrected chi connectivity index (χ4v) is 5.81. The summed E-state index contributed by atoms with van der Waals surface area (Å²) < 4.78 is 40.4. The lowest BCUT2D eigenvalue weighted by Gasteiger charge is -2.23. The smallest absolute Gasteiger partial charge is 0.269 e. The van der Waals surface area contributed by atoms with Crippen LogP contribution in [-0.2, 0) is 14.8 Å². The zero-order valence-corrected chi connectivity index (χ0v) is 21.3. The number of pyridine rings is 1. The number of aromatic nitrogens is 2. The van der Waals surface area contributed by atoms with Gasteiger partial charge >= 0.3 is 0 Å². The van der Waals surface area contributed by atoms with E-state index >= 15 is 0 Å². The maximum atomic E-state index is 13.5. The number of benzene rings is 2. The van der Waals surface area contributed by atoms with Gasteiger partial charge in [-0.2, -0.15) is 5.26 Å². The van der Waals surface area contributed by atoms with Crippen LogP contribution in [0.3, 0.4) is 0 Å². The molecule has 7 nitrogen and oxygen atoms in total. The summed E-state index contributed by atoms with van der Waals surface area (Å²) in [5.74, 6) is 0.512. The van der Waals surface area contributed by atoms with E-state index in [4.69, 9.17) is 9.47 Å². The fraction of sp³-hybridized carbons (Fsp3) is 0.231. The number of hydrogen-bond acceptors (Lipinski definition) is 6. The van der Waals surface area contributed by atoms with Crippen LogP contribution in [0.25, 0.3) is 22.2 Å². The van der Waals surface area contributed by atoms with E-state index in [1.807, 2.05) is 19.1 Å². The Morgan fingerprint density at radius 1 is 1.14 bits per heavy atom. The summed E-state index contributed by atoms with van der Waals surface area (Å²) in [6.07, 6.45) is 4.68. The predicted molar refractivity (Wildman–Crippen MR) is 136 cm³/mol. The van der Waals surface area contributed by atoms with E-state index in [1.54, 1.807) is 48.8 Å². The van der Waals surface area contributed by atoms with Gasteiger partial charge in [-0.1, -0.05) is 23.8 Å². The van der Waals surface area contributed by atoms with Gasteiger partial charge in [0.1, 0.15) is 17.9 Å². The fourth-order valence-electron chi connectivity index (χ4n) is 4.15. The zero-order chi connectivity index (χ0) is 24.6. The third-order valence-electron chi connectivity index (χ3n) is 6.03. The van der Waals surface area contributed by atoms with Crippen LogP contribution in [0.2, 0.25) is 0 Å². The number of fused-ring (bicyclic) bond motifs is 1. The van der Waals surface area contributed by atoms with Crippen molar-refractivity contribution in [3.8, 4) is 22.9 Å². The predicted octanol–water partition coefficient (Wildman–Crippen LogP) is 5.44. The van der Waals surface area contributed by atoms with Gasteiger partial charge in [0.15, 0.2) is 5.65 Å². The van der Waals surface area contributed by atoms with Crippen molar-refractivity contribution in [2.45, 2.75) is 30.8 Å². The van der Waals surface area contributed by atoms with Crippen LogP contribution in [0.1, 0.15) is 24.0 Å². The average Bonchev–Trinajstić information content (AvgIpc) is 3.24. The summed E-state index contributed by atoms with van der Waals surface area (Å²) in [7, 11) is -3.89. The molecule has 9 heteroatoms. The minimum Gasteiger partial charge on any atom is -0.489 e. The van der Waals surface area contributed by atoms with Gasteiger partial charge in [0, 0.05) is 40.7 Å². The highest BCUT2D eigenvalue weighted by atomic mass is 79.9. The topological polar surface area (TPSA) is 94.2 Å². The number of rotatable bonds is 5. The van der Waals surface area contributed by atoms with Gasteiger partial charge in [0.25, 0.3) is 10.0 Å². The Kier molecular flexibility index (Phi) is 6.36. The highest BCUT2D eigenvalue weighted by molar-refractivity contribution is 9.10. The molecule has 1 aliphatic rings. The Bertz CT molecular complexity index is 1550. The molecule has 0 saturated carbocycles. The molecule has 0 atom stereocenters. The SMILES string of the molecule is Cc1ccc(S(=O)(=O)n2cc(-c3ccc(OC4CCOCC4)c(C#N)c3)c3cc(Br)cnc32)cc1. The molecule has 1 fully saturated rings. The van der Waals surface area contributed by atoms with Gasteiger partial charge in [0.05, 0.1) is 23.7 Å². The maximum Gasteiger partial charge on any atom is 0.269 e. The van der Waals surface area contributed by atoms with Crippen LogP contribution < -0.4 is 4.74 Å². The molecule has 0 radical (unpaired) electrons. The summed E-state index contributed by atoms with van der Waals surface area (Å²) in [5.41, 5.74) is 3.02. The molecule has 2 aromatic carbocycles. The van der Waals surface area contributed by atoms with Crippen molar-refractivity contribution in [1.82, 2.24) is 8.96 Å². The van der Waals surface area contributed by atoms with Gasteiger partial charge in [-0.3, -0.25) is 0 Å². The number of aryl methyl sites for hydroxylation is 1. The Morgan fingerprint density at radius 2 is 1.89 bits per heavy atom. The molecule has 0 spiro atoms. The van der Waals surface area contributed by atoms with Gasteiger partial charge in [-0.25, -0.2) is 17.4 Å². The van der Waals surface area contributed by atoms with E-state index in [0.717, 1.165) is 22.9 Å². The molecule has 0 amide bonds. The summed E-state index contributed by atoms with van der Waals surface area (Å²) in [5, 5.41) is 10.5. The molecule has 4 aromatic rings. The average molecular weight is 552 g/mol. The van der Waals surface area contributed by atoms with Crippen LogP contribution in [0.4, 0.5) is 0 Å². The molecule has 0 aliphatic carbocycles. The number of ether oxygens (including phenoxy) is 2. The number of nitrogens with zero attached hydrogens (tertiary/aromatic N) is 3. The first-order valence-corrected chi connectivity index (χ1v) is 13.4. The second-order valence-corrected chi connectivity index (χ2v) is 11.2. The van der Waals surface area contributed by atoms with Crippen molar-refractivity contribution in [2.75, 3.05) is 13.2 Å². The van der Waals surface area contributed by atoms with E-state index in [1.165, 1.54) is 3.97 Å². The van der Waals surface area contributed by atoms with E-state index in [0.29, 0.717) is 46.7 Å². The maximum absolute atomic E-state index is 13.5. The van der Waals surface area contributed by atoms with E-state index in [9.17, 15) is 13.7 Å². The monoisotopic (exact) mass is 551 g/mol. The molecule has 178 valence electrons. The van der Waals surface area contributed by atoms with Crippen LogP contribution in [-0.4, -0.2) is 36.7 Å². The number of nitriles is 1. The molecule has 3 heterocycles. The van der Waals surface area contributed by atoms with Gasteiger partial charge in [-0.15, -0.1) is 0 Å². The summed E-state index contributed by atoms with van der Waals surface area (Å²) in [6.45, 7) is 3.18. The molecule has 0 N–H and O–H groups in total. The van der Waals surface area contributed by atoms with Crippen LogP contribution in [0.5, 0.6) is 5.75 Å². The third kappa shape index (κ3) is 4.57. The molecule has 35 heavy (non-hydrogen) atoms. The van der Waals surface area contributed by atoms with Crippen LogP contribution >= 0.6 is 15.9 Å². The van der Waals surface area contributed by atoms with Crippen molar-refractivity contribution in [3.63, 3.8) is 0 Å². The lowest BCUT2D eigenvalue weighted by atomic mass is 10.0. The molecule has 2 aromatic heterocycles. The first-order chi connectivity index (χ1) is 16.9. The molecule has 1 saturated heterocycles. The highest BCUT2D eigenvalue weighted by Crippen LogP contribution is 2.36. The largest absolute Gasteiger partial charge is 0.489 e. The molecule has 0 unspecified atom stereocenters. The van der Waals surface area contributed by atoms with E-state index in [-0.39, 0.29) is 11.0 Å². The Morgan fingerprint density at radius 3 is 2.60 bits per heavy atom. The molecular weight excluding hydrogens is 530 g/mol. The quantitative estimate of drug-likeness (QED) is 0.327. The Labute approximate surface area is 212 Å². The summed E-state index contributed by atoms with van der Waals surface area (Å²) in [4.78, 5) is 4.58. The van der Waals surface area contributed by atoms with Gasteiger partial charge < -0.3 is 9.47 Å². The lowest BCUT2D eigenvalue weighted by molar-refractivity contribution is 0.0254. The normalized spacial score (nSPS) is 14.7. The second-order valence-electron chi connectivity index (χ2n) is 8.43. The highest BCUT2D eigenvalue weighted by Gasteiger charge is 2.24. The van der Waals surface area contributed by atoms with Gasteiger partial charge in [-0.05, 0) is 58.7 Å². The molecule has 1 aliphatic heterocycles. The van der Waals surface area contributed by atoms with Crippen LogP contribution in [0.15, 0.2) is 70.3 Å².